The third-order valence-corrected chi connectivity index (χ3v) is 2.93. The number of alkyl halides is 1. The minimum absolute atomic E-state index is 0.0577. The second-order valence-electron chi connectivity index (χ2n) is 4.10. The van der Waals surface area contributed by atoms with E-state index in [1.165, 1.54) is 4.90 Å². The van der Waals surface area contributed by atoms with Gasteiger partial charge >= 0.3 is 0 Å². The van der Waals surface area contributed by atoms with Crippen LogP contribution in [0.3, 0.4) is 0 Å². The number of carbonyl (C=O) groups excluding carboxylic acids is 2. The summed E-state index contributed by atoms with van der Waals surface area (Å²) in [5.74, 6) is -1.75. The van der Waals surface area contributed by atoms with Crippen molar-refractivity contribution in [2.45, 2.75) is 13.3 Å². The van der Waals surface area contributed by atoms with Gasteiger partial charge in [0.2, 0.25) is 5.78 Å². The highest BCUT2D eigenvalue weighted by Crippen LogP contribution is 2.20. The minimum Gasteiger partial charge on any atom is -0.395 e. The number of rotatable bonds is 7. The predicted octanol–water partition coefficient (Wildman–Crippen LogP) is 2.07. The van der Waals surface area contributed by atoms with E-state index >= 15 is 0 Å². The van der Waals surface area contributed by atoms with Crippen LogP contribution in [0.15, 0.2) is 36.4 Å². The lowest BCUT2D eigenvalue weighted by molar-refractivity contribution is -0.141. The predicted molar refractivity (Wildman–Crippen MR) is 79.2 cm³/mol. The summed E-state index contributed by atoms with van der Waals surface area (Å²) in [7, 11) is 0. The topological polar surface area (TPSA) is 57.6 Å². The lowest BCUT2D eigenvalue weighted by Gasteiger charge is -2.24. The number of aliphatic hydroxyl groups excluding tert-OH is 1. The molecule has 1 aromatic carbocycles. The maximum atomic E-state index is 12.1. The van der Waals surface area contributed by atoms with Crippen molar-refractivity contribution in [3.63, 3.8) is 0 Å². The van der Waals surface area contributed by atoms with Crippen LogP contribution < -0.4 is 0 Å². The average Bonchev–Trinajstić information content (AvgIpc) is 2.50. The van der Waals surface area contributed by atoms with E-state index in [-0.39, 0.29) is 19.0 Å². The molecule has 20 heavy (non-hydrogen) atoms. The molecule has 0 fully saturated rings. The number of hydrogen-bond donors (Lipinski definition) is 1. The summed E-state index contributed by atoms with van der Waals surface area (Å²) in [6.45, 7) is 1.77. The Hall–Kier alpha value is -1.65. The lowest BCUT2D eigenvalue weighted by atomic mass is 10.1. The molecule has 5 heteroatoms. The van der Waals surface area contributed by atoms with Crippen LogP contribution in [0.4, 0.5) is 0 Å². The zero-order chi connectivity index (χ0) is 15.0. The van der Waals surface area contributed by atoms with Crippen LogP contribution in [-0.4, -0.2) is 40.7 Å². The van der Waals surface area contributed by atoms with Crippen molar-refractivity contribution in [1.82, 2.24) is 4.90 Å². The monoisotopic (exact) mass is 295 g/mol. The van der Waals surface area contributed by atoms with Gasteiger partial charge in [0.25, 0.3) is 5.91 Å². The number of amides is 1. The van der Waals surface area contributed by atoms with E-state index in [9.17, 15) is 9.59 Å². The van der Waals surface area contributed by atoms with Crippen molar-refractivity contribution in [3.05, 3.63) is 42.0 Å². The average molecular weight is 296 g/mol. The maximum Gasteiger partial charge on any atom is 0.295 e. The van der Waals surface area contributed by atoms with Gasteiger partial charge in [-0.05, 0) is 12.0 Å². The Labute approximate surface area is 123 Å². The summed E-state index contributed by atoms with van der Waals surface area (Å²) in [6, 6.07) is 9.28. The molecule has 1 aromatic rings. The van der Waals surface area contributed by atoms with Crippen LogP contribution in [0.5, 0.6) is 0 Å². The molecule has 0 aliphatic carbocycles. The molecule has 0 aliphatic heterocycles. The first-order chi connectivity index (χ1) is 9.65. The molecule has 0 unspecified atom stereocenters. The quantitative estimate of drug-likeness (QED) is 0.619. The zero-order valence-corrected chi connectivity index (χ0v) is 12.1. The van der Waals surface area contributed by atoms with Gasteiger partial charge < -0.3 is 10.0 Å². The minimum atomic E-state index is -0.697. The van der Waals surface area contributed by atoms with E-state index in [1.54, 1.807) is 0 Å². The van der Waals surface area contributed by atoms with E-state index in [0.717, 1.165) is 5.56 Å². The Morgan fingerprint density at radius 1 is 1.30 bits per heavy atom. The van der Waals surface area contributed by atoms with E-state index in [0.29, 0.717) is 12.1 Å². The van der Waals surface area contributed by atoms with Gasteiger partial charge in [-0.25, -0.2) is 0 Å². The molecule has 0 atom stereocenters. The highest BCUT2D eigenvalue weighted by Gasteiger charge is 2.24. The van der Waals surface area contributed by atoms with Crippen molar-refractivity contribution in [3.8, 4) is 0 Å². The Balaban J connectivity index is 3.17. The van der Waals surface area contributed by atoms with Gasteiger partial charge in [0, 0.05) is 12.2 Å². The van der Waals surface area contributed by atoms with E-state index in [4.69, 9.17) is 16.7 Å². The first kappa shape index (κ1) is 16.4. The first-order valence-electron chi connectivity index (χ1n) is 6.42. The Morgan fingerprint density at radius 2 is 1.95 bits per heavy atom. The fraction of sp³-hybridized carbons (Fsp3) is 0.333. The molecule has 108 valence electrons. The molecule has 0 heterocycles. The van der Waals surface area contributed by atoms with Gasteiger partial charge in [-0.3, -0.25) is 9.59 Å². The molecule has 0 aliphatic rings. The van der Waals surface area contributed by atoms with Gasteiger partial charge in [-0.1, -0.05) is 43.3 Å². The number of ketones is 1. The molecule has 1 amide bonds. The number of benzene rings is 1. The van der Waals surface area contributed by atoms with Gasteiger partial charge in [0.05, 0.1) is 12.5 Å². The molecule has 0 saturated carbocycles. The molecule has 4 nitrogen and oxygen atoms in total. The number of Topliss-reactive ketones (excluding diaryl/α,β-unsaturated/α-hetero) is 1. The van der Waals surface area contributed by atoms with E-state index in [2.05, 4.69) is 0 Å². The molecule has 0 radical (unpaired) electrons. The molecule has 1 rings (SSSR count). The zero-order valence-electron chi connectivity index (χ0n) is 11.4. The highest BCUT2D eigenvalue weighted by molar-refractivity contribution is 6.47. The molecular formula is C15H18ClNO3. The Kier molecular flexibility index (Phi) is 6.98. The van der Waals surface area contributed by atoms with E-state index in [1.807, 2.05) is 43.3 Å². The van der Waals surface area contributed by atoms with E-state index < -0.39 is 11.7 Å². The standard InChI is InChI=1S/C15H18ClNO3/c1-2-6-13(12-7-4-3-5-8-12)17(9-10-18)15(20)14(19)11-16/h3-8,18H,2,9-11H2,1H3. The summed E-state index contributed by atoms with van der Waals surface area (Å²) in [4.78, 5) is 24.9. The Morgan fingerprint density at radius 3 is 2.45 bits per heavy atom. The summed E-state index contributed by atoms with van der Waals surface area (Å²) in [5, 5.41) is 9.14. The number of carbonyl (C=O) groups is 2. The van der Waals surface area contributed by atoms with Crippen LogP contribution in [0.2, 0.25) is 0 Å². The van der Waals surface area contributed by atoms with Crippen molar-refractivity contribution >= 4 is 29.0 Å². The van der Waals surface area contributed by atoms with Crippen LogP contribution >= 0.6 is 11.6 Å². The van der Waals surface area contributed by atoms with Crippen molar-refractivity contribution < 1.29 is 14.7 Å². The second kappa shape index (κ2) is 8.51. The SMILES string of the molecule is CCC=C(c1ccccc1)N(CCO)C(=O)C(=O)CCl. The fourth-order valence-corrected chi connectivity index (χ4v) is 1.94. The van der Waals surface area contributed by atoms with Gasteiger partial charge in [-0.2, -0.15) is 0 Å². The molecule has 0 aromatic heterocycles. The fourth-order valence-electron chi connectivity index (χ4n) is 1.83. The van der Waals surface area contributed by atoms with Crippen LogP contribution in [0.1, 0.15) is 18.9 Å². The van der Waals surface area contributed by atoms with Crippen LogP contribution in [-0.2, 0) is 9.59 Å². The lowest BCUT2D eigenvalue weighted by Crippen LogP contribution is -2.37. The van der Waals surface area contributed by atoms with Crippen molar-refractivity contribution in [1.29, 1.82) is 0 Å². The number of allylic oxidation sites excluding steroid dienone is 1. The molecule has 0 bridgehead atoms. The third kappa shape index (κ3) is 4.18. The summed E-state index contributed by atoms with van der Waals surface area (Å²) in [5.41, 5.74) is 1.43. The van der Waals surface area contributed by atoms with Gasteiger partial charge in [0.1, 0.15) is 0 Å². The number of hydrogen-bond acceptors (Lipinski definition) is 3. The molecule has 1 N–H and O–H groups in total. The normalized spacial score (nSPS) is 11.2. The summed E-state index contributed by atoms with van der Waals surface area (Å²) in [6.07, 6.45) is 2.55. The van der Waals surface area contributed by atoms with Crippen LogP contribution in [0.25, 0.3) is 5.70 Å². The third-order valence-electron chi connectivity index (χ3n) is 2.69. The summed E-state index contributed by atoms with van der Waals surface area (Å²) < 4.78 is 0. The molecular weight excluding hydrogens is 278 g/mol. The number of nitrogens with zero attached hydrogens (tertiary/aromatic N) is 1. The highest BCUT2D eigenvalue weighted by atomic mass is 35.5. The first-order valence-corrected chi connectivity index (χ1v) is 6.96. The molecule has 0 spiro atoms. The van der Waals surface area contributed by atoms with Gasteiger partial charge in [-0.15, -0.1) is 11.6 Å². The smallest absolute Gasteiger partial charge is 0.295 e. The maximum absolute atomic E-state index is 12.1. The number of halogens is 1. The van der Waals surface area contributed by atoms with Gasteiger partial charge in [0.15, 0.2) is 0 Å². The van der Waals surface area contributed by atoms with Crippen molar-refractivity contribution in [2.75, 3.05) is 19.0 Å². The summed E-state index contributed by atoms with van der Waals surface area (Å²) >= 11 is 5.44. The van der Waals surface area contributed by atoms with Crippen LogP contribution in [0, 0.1) is 0 Å². The largest absolute Gasteiger partial charge is 0.395 e. The molecule has 0 saturated heterocycles. The number of aliphatic hydroxyl groups is 1. The second-order valence-corrected chi connectivity index (χ2v) is 4.37. The van der Waals surface area contributed by atoms with Crippen molar-refractivity contribution in [2.24, 2.45) is 0 Å². The Bertz CT molecular complexity index is 485.